The summed E-state index contributed by atoms with van der Waals surface area (Å²) < 4.78 is 10.4. The molecule has 1 N–H and O–H groups in total. The highest BCUT2D eigenvalue weighted by Crippen LogP contribution is 2.36. The van der Waals surface area contributed by atoms with Crippen molar-refractivity contribution in [2.45, 2.75) is 0 Å². The Morgan fingerprint density at radius 1 is 1.09 bits per heavy atom. The SMILES string of the molecule is O=[N+]([O-])c1cnc(Nc2ccc3c(c2)OCO3)c([N+](=O)[O-])c1. The molecule has 0 amide bonds. The molecule has 0 fully saturated rings. The van der Waals surface area contributed by atoms with Gasteiger partial charge in [-0.1, -0.05) is 0 Å². The van der Waals surface area contributed by atoms with Crippen molar-refractivity contribution in [3.8, 4) is 11.5 Å². The zero-order valence-corrected chi connectivity index (χ0v) is 10.9. The van der Waals surface area contributed by atoms with Gasteiger partial charge >= 0.3 is 5.69 Å². The van der Waals surface area contributed by atoms with Gasteiger partial charge in [0.05, 0.1) is 15.9 Å². The number of benzene rings is 1. The molecule has 0 spiro atoms. The van der Waals surface area contributed by atoms with Crippen LogP contribution in [0.25, 0.3) is 0 Å². The van der Waals surface area contributed by atoms with Gasteiger partial charge in [0.15, 0.2) is 11.5 Å². The zero-order chi connectivity index (χ0) is 15.7. The number of ether oxygens (including phenoxy) is 2. The lowest BCUT2D eigenvalue weighted by Gasteiger charge is -2.06. The molecule has 0 aliphatic carbocycles. The van der Waals surface area contributed by atoms with E-state index in [0.29, 0.717) is 17.2 Å². The van der Waals surface area contributed by atoms with Crippen LogP contribution >= 0.6 is 0 Å². The molecule has 0 atom stereocenters. The van der Waals surface area contributed by atoms with Gasteiger partial charge in [0.25, 0.3) is 5.69 Å². The summed E-state index contributed by atoms with van der Waals surface area (Å²) in [5.41, 5.74) is -0.469. The number of anilines is 2. The number of aromatic nitrogens is 1. The third-order valence-electron chi connectivity index (χ3n) is 2.90. The molecule has 1 aromatic heterocycles. The summed E-state index contributed by atoms with van der Waals surface area (Å²) in [7, 11) is 0. The van der Waals surface area contributed by atoms with Crippen LogP contribution in [0, 0.1) is 20.2 Å². The molecule has 0 unspecified atom stereocenters. The molecule has 112 valence electrons. The molecule has 0 saturated carbocycles. The highest BCUT2D eigenvalue weighted by molar-refractivity contribution is 5.69. The van der Waals surface area contributed by atoms with Crippen molar-refractivity contribution in [3.05, 3.63) is 50.7 Å². The predicted octanol–water partition coefficient (Wildman–Crippen LogP) is 2.37. The zero-order valence-electron chi connectivity index (χ0n) is 10.9. The van der Waals surface area contributed by atoms with Crippen LogP contribution < -0.4 is 14.8 Å². The van der Waals surface area contributed by atoms with Crippen molar-refractivity contribution in [1.29, 1.82) is 0 Å². The molecule has 2 heterocycles. The van der Waals surface area contributed by atoms with Crippen molar-refractivity contribution in [3.63, 3.8) is 0 Å². The molecule has 2 aromatic rings. The van der Waals surface area contributed by atoms with E-state index in [0.717, 1.165) is 12.3 Å². The lowest BCUT2D eigenvalue weighted by molar-refractivity contribution is -0.394. The fraction of sp³-hybridized carbons (Fsp3) is 0.0833. The Balaban J connectivity index is 1.94. The van der Waals surface area contributed by atoms with Crippen LogP contribution in [-0.2, 0) is 0 Å². The van der Waals surface area contributed by atoms with E-state index in [1.54, 1.807) is 18.2 Å². The minimum Gasteiger partial charge on any atom is -0.454 e. The molecule has 0 radical (unpaired) electrons. The molecule has 1 aliphatic rings. The molecule has 0 bridgehead atoms. The van der Waals surface area contributed by atoms with E-state index in [9.17, 15) is 20.2 Å². The van der Waals surface area contributed by atoms with Crippen LogP contribution in [0.15, 0.2) is 30.5 Å². The first kappa shape index (κ1) is 13.5. The number of rotatable bonds is 4. The van der Waals surface area contributed by atoms with E-state index in [4.69, 9.17) is 9.47 Å². The molecule has 0 saturated heterocycles. The van der Waals surface area contributed by atoms with Gasteiger partial charge in [0, 0.05) is 11.8 Å². The van der Waals surface area contributed by atoms with Crippen LogP contribution in [0.4, 0.5) is 22.9 Å². The van der Waals surface area contributed by atoms with E-state index in [2.05, 4.69) is 10.3 Å². The Kier molecular flexibility index (Phi) is 3.18. The standard InChI is InChI=1S/C12H8N4O6/c17-15(18)8-4-9(16(19)20)12(13-5-8)14-7-1-2-10-11(3-7)22-6-21-10/h1-5H,6H2,(H,13,14). The molecule has 3 rings (SSSR count). The Morgan fingerprint density at radius 2 is 1.86 bits per heavy atom. The average Bonchev–Trinajstić information content (AvgIpc) is 2.94. The number of hydrogen-bond donors (Lipinski definition) is 1. The van der Waals surface area contributed by atoms with Gasteiger partial charge in [-0.15, -0.1) is 0 Å². The summed E-state index contributed by atoms with van der Waals surface area (Å²) in [4.78, 5) is 24.0. The molecule has 10 heteroatoms. The monoisotopic (exact) mass is 304 g/mol. The van der Waals surface area contributed by atoms with Crippen LogP contribution in [0.1, 0.15) is 0 Å². The van der Waals surface area contributed by atoms with Crippen LogP contribution in [-0.4, -0.2) is 21.6 Å². The number of pyridine rings is 1. The molecule has 1 aliphatic heterocycles. The molecular weight excluding hydrogens is 296 g/mol. The average molecular weight is 304 g/mol. The van der Waals surface area contributed by atoms with Gasteiger partial charge in [0.1, 0.15) is 6.20 Å². The maximum atomic E-state index is 11.0. The first-order chi connectivity index (χ1) is 10.5. The van der Waals surface area contributed by atoms with Crippen LogP contribution in [0.2, 0.25) is 0 Å². The number of hydrogen-bond acceptors (Lipinski definition) is 8. The minimum absolute atomic E-state index is 0.102. The maximum absolute atomic E-state index is 11.0. The second-order valence-electron chi connectivity index (χ2n) is 4.27. The maximum Gasteiger partial charge on any atom is 0.318 e. The minimum atomic E-state index is -0.746. The number of nitrogens with one attached hydrogen (secondary N) is 1. The van der Waals surface area contributed by atoms with Crippen molar-refractivity contribution < 1.29 is 19.3 Å². The third-order valence-corrected chi connectivity index (χ3v) is 2.90. The Hall–Kier alpha value is -3.43. The van der Waals surface area contributed by atoms with E-state index in [-0.39, 0.29) is 12.6 Å². The van der Waals surface area contributed by atoms with E-state index < -0.39 is 21.2 Å². The number of nitro groups is 2. The van der Waals surface area contributed by atoms with Crippen molar-refractivity contribution in [2.24, 2.45) is 0 Å². The summed E-state index contributed by atoms with van der Waals surface area (Å²) in [5, 5.41) is 24.4. The Labute approximate surface area is 122 Å². The normalized spacial score (nSPS) is 12.0. The second-order valence-corrected chi connectivity index (χ2v) is 4.27. The molecule has 10 nitrogen and oxygen atoms in total. The van der Waals surface area contributed by atoms with Crippen molar-refractivity contribution in [1.82, 2.24) is 4.98 Å². The topological polar surface area (TPSA) is 130 Å². The summed E-state index contributed by atoms with van der Waals surface area (Å²) in [6.45, 7) is 0.106. The van der Waals surface area contributed by atoms with Gasteiger partial charge < -0.3 is 14.8 Å². The lowest BCUT2D eigenvalue weighted by Crippen LogP contribution is -2.01. The summed E-state index contributed by atoms with van der Waals surface area (Å²) in [5.74, 6) is 0.959. The molecular formula is C12H8N4O6. The van der Waals surface area contributed by atoms with Gasteiger partial charge in [-0.25, -0.2) is 4.98 Å². The Morgan fingerprint density at radius 3 is 2.59 bits per heavy atom. The van der Waals surface area contributed by atoms with Crippen molar-refractivity contribution in [2.75, 3.05) is 12.1 Å². The smallest absolute Gasteiger partial charge is 0.318 e. The van der Waals surface area contributed by atoms with E-state index in [1.807, 2.05) is 0 Å². The first-order valence-electron chi connectivity index (χ1n) is 6.00. The number of nitrogens with zero attached hydrogens (tertiary/aromatic N) is 3. The summed E-state index contributed by atoms with van der Waals surface area (Å²) >= 11 is 0. The largest absolute Gasteiger partial charge is 0.454 e. The highest BCUT2D eigenvalue weighted by Gasteiger charge is 2.22. The van der Waals surface area contributed by atoms with Gasteiger partial charge in [-0.2, -0.15) is 0 Å². The molecule has 22 heavy (non-hydrogen) atoms. The van der Waals surface area contributed by atoms with Gasteiger partial charge in [-0.3, -0.25) is 20.2 Å². The number of fused-ring (bicyclic) bond motifs is 1. The summed E-state index contributed by atoms with van der Waals surface area (Å²) in [6.07, 6.45) is 0.947. The van der Waals surface area contributed by atoms with E-state index in [1.165, 1.54) is 0 Å². The summed E-state index contributed by atoms with van der Waals surface area (Å²) in [6, 6.07) is 5.71. The first-order valence-corrected chi connectivity index (χ1v) is 6.00. The predicted molar refractivity (Wildman–Crippen MR) is 73.4 cm³/mol. The van der Waals surface area contributed by atoms with Gasteiger partial charge in [-0.05, 0) is 12.1 Å². The quantitative estimate of drug-likeness (QED) is 0.673. The highest BCUT2D eigenvalue weighted by atomic mass is 16.7. The fourth-order valence-electron chi connectivity index (χ4n) is 1.89. The van der Waals surface area contributed by atoms with E-state index >= 15 is 0 Å². The van der Waals surface area contributed by atoms with Gasteiger partial charge in [0.2, 0.25) is 12.6 Å². The fourth-order valence-corrected chi connectivity index (χ4v) is 1.89. The van der Waals surface area contributed by atoms with Crippen LogP contribution in [0.3, 0.4) is 0 Å². The van der Waals surface area contributed by atoms with Crippen LogP contribution in [0.5, 0.6) is 11.5 Å². The third kappa shape index (κ3) is 2.44. The molecule has 1 aromatic carbocycles. The second kappa shape index (κ2) is 5.16. The van der Waals surface area contributed by atoms with Crippen molar-refractivity contribution >= 4 is 22.9 Å². The Bertz CT molecular complexity index is 778. The lowest BCUT2D eigenvalue weighted by atomic mass is 10.2.